The Balaban J connectivity index is 2.27. The summed E-state index contributed by atoms with van der Waals surface area (Å²) >= 11 is 0. The van der Waals surface area contributed by atoms with Crippen molar-refractivity contribution in [1.29, 1.82) is 0 Å². The second-order valence-electron chi connectivity index (χ2n) is 4.78. The third kappa shape index (κ3) is 3.04. The summed E-state index contributed by atoms with van der Waals surface area (Å²) in [7, 11) is 0. The Morgan fingerprint density at radius 1 is 0.944 bits per heavy atom. The lowest BCUT2D eigenvalue weighted by Crippen LogP contribution is -1.88. The molecule has 18 heavy (non-hydrogen) atoms. The fourth-order valence-electron chi connectivity index (χ4n) is 2.23. The minimum absolute atomic E-state index is 1.02. The van der Waals surface area contributed by atoms with Crippen LogP contribution in [-0.4, -0.2) is 0 Å². The summed E-state index contributed by atoms with van der Waals surface area (Å²) in [6.07, 6.45) is 5.80. The van der Waals surface area contributed by atoms with Gasteiger partial charge in [-0.05, 0) is 30.9 Å². The van der Waals surface area contributed by atoms with E-state index >= 15 is 0 Å². The molecule has 0 unspecified atom stereocenters. The first-order chi connectivity index (χ1) is 8.85. The molecule has 0 fully saturated rings. The van der Waals surface area contributed by atoms with E-state index in [0.717, 1.165) is 25.0 Å². The lowest BCUT2D eigenvalue weighted by atomic mass is 10.1. The Morgan fingerprint density at radius 2 is 1.72 bits per heavy atom. The molecule has 0 amide bonds. The van der Waals surface area contributed by atoms with Gasteiger partial charge in [0.25, 0.3) is 0 Å². The van der Waals surface area contributed by atoms with Crippen LogP contribution < -0.4 is 0 Å². The first-order valence-corrected chi connectivity index (χ1v) is 7.02. The van der Waals surface area contributed by atoms with Gasteiger partial charge in [0.2, 0.25) is 0 Å². The highest BCUT2D eigenvalue weighted by Gasteiger charge is 2.11. The first-order valence-electron chi connectivity index (χ1n) is 7.02. The predicted molar refractivity (Wildman–Crippen MR) is 76.8 cm³/mol. The van der Waals surface area contributed by atoms with Crippen LogP contribution >= 0.6 is 0 Å². The molecule has 2 aromatic rings. The number of aryl methyl sites for hydroxylation is 2. The summed E-state index contributed by atoms with van der Waals surface area (Å²) in [6.45, 7) is 4.44. The van der Waals surface area contributed by atoms with Crippen molar-refractivity contribution in [2.75, 3.05) is 0 Å². The van der Waals surface area contributed by atoms with E-state index < -0.39 is 0 Å². The molecule has 0 bridgehead atoms. The van der Waals surface area contributed by atoms with Crippen LogP contribution in [0.5, 0.6) is 0 Å². The quantitative estimate of drug-likeness (QED) is 0.675. The summed E-state index contributed by atoms with van der Waals surface area (Å²) < 4.78 is 6.04. The molecule has 96 valence electrons. The van der Waals surface area contributed by atoms with Gasteiger partial charge in [-0.15, -0.1) is 0 Å². The third-order valence-electron chi connectivity index (χ3n) is 3.23. The van der Waals surface area contributed by atoms with Crippen molar-refractivity contribution in [2.24, 2.45) is 0 Å². The molecule has 1 nitrogen and oxygen atoms in total. The van der Waals surface area contributed by atoms with Crippen LogP contribution in [0.15, 0.2) is 40.8 Å². The standard InChI is InChI=1S/C17H22O/c1-3-5-10-15-13-17(18-16(15)9-4-2)14-11-7-6-8-12-14/h6-8,11-13H,3-5,9-10H2,1-2H3. The molecule has 0 radical (unpaired) electrons. The maximum Gasteiger partial charge on any atom is 0.134 e. The molecular formula is C17H22O. The Morgan fingerprint density at radius 3 is 2.39 bits per heavy atom. The normalized spacial score (nSPS) is 10.8. The van der Waals surface area contributed by atoms with Crippen molar-refractivity contribution in [3.8, 4) is 11.3 Å². The fraction of sp³-hybridized carbons (Fsp3) is 0.412. The number of benzene rings is 1. The Labute approximate surface area is 110 Å². The second kappa shape index (κ2) is 6.44. The highest BCUT2D eigenvalue weighted by molar-refractivity contribution is 5.58. The first kappa shape index (κ1) is 12.9. The molecule has 0 aliphatic rings. The smallest absolute Gasteiger partial charge is 0.134 e. The summed E-state index contributed by atoms with van der Waals surface area (Å²) in [5.74, 6) is 2.20. The van der Waals surface area contributed by atoms with E-state index in [1.165, 1.54) is 29.7 Å². The molecule has 0 spiro atoms. The Hall–Kier alpha value is -1.50. The van der Waals surface area contributed by atoms with Crippen molar-refractivity contribution in [2.45, 2.75) is 46.0 Å². The highest BCUT2D eigenvalue weighted by atomic mass is 16.3. The summed E-state index contributed by atoms with van der Waals surface area (Å²) in [6, 6.07) is 12.6. The minimum atomic E-state index is 1.02. The molecule has 1 aromatic heterocycles. The van der Waals surface area contributed by atoms with E-state index in [9.17, 15) is 0 Å². The van der Waals surface area contributed by atoms with E-state index in [2.05, 4.69) is 44.2 Å². The van der Waals surface area contributed by atoms with E-state index in [1.54, 1.807) is 0 Å². The van der Waals surface area contributed by atoms with Crippen LogP contribution in [0.4, 0.5) is 0 Å². The van der Waals surface area contributed by atoms with Gasteiger partial charge in [0, 0.05) is 12.0 Å². The van der Waals surface area contributed by atoms with E-state index in [4.69, 9.17) is 4.42 Å². The van der Waals surface area contributed by atoms with Gasteiger partial charge in [0.05, 0.1) is 0 Å². The van der Waals surface area contributed by atoms with E-state index in [-0.39, 0.29) is 0 Å². The topological polar surface area (TPSA) is 13.1 Å². The largest absolute Gasteiger partial charge is 0.461 e. The average Bonchev–Trinajstić information content (AvgIpc) is 2.81. The number of hydrogen-bond acceptors (Lipinski definition) is 1. The zero-order chi connectivity index (χ0) is 12.8. The molecule has 0 atom stereocenters. The summed E-state index contributed by atoms with van der Waals surface area (Å²) in [5, 5.41) is 0. The summed E-state index contributed by atoms with van der Waals surface area (Å²) in [4.78, 5) is 0. The highest BCUT2D eigenvalue weighted by Crippen LogP contribution is 2.27. The van der Waals surface area contributed by atoms with Crippen molar-refractivity contribution in [1.82, 2.24) is 0 Å². The Kier molecular flexibility index (Phi) is 4.63. The lowest BCUT2D eigenvalue weighted by Gasteiger charge is -1.99. The number of furan rings is 1. The average molecular weight is 242 g/mol. The molecule has 2 rings (SSSR count). The lowest BCUT2D eigenvalue weighted by molar-refractivity contribution is 0.512. The van der Waals surface area contributed by atoms with Crippen molar-refractivity contribution in [3.05, 3.63) is 47.7 Å². The molecule has 0 saturated carbocycles. The van der Waals surface area contributed by atoms with Gasteiger partial charge < -0.3 is 4.42 Å². The molecule has 1 heteroatoms. The van der Waals surface area contributed by atoms with Gasteiger partial charge in [-0.1, -0.05) is 50.6 Å². The van der Waals surface area contributed by atoms with Crippen LogP contribution in [-0.2, 0) is 12.8 Å². The molecule has 0 saturated heterocycles. The van der Waals surface area contributed by atoms with E-state index in [0.29, 0.717) is 0 Å². The predicted octanol–water partition coefficient (Wildman–Crippen LogP) is 5.24. The summed E-state index contributed by atoms with van der Waals surface area (Å²) in [5.41, 5.74) is 2.58. The van der Waals surface area contributed by atoms with Gasteiger partial charge in [-0.3, -0.25) is 0 Å². The number of rotatable bonds is 6. The number of unbranched alkanes of at least 4 members (excludes halogenated alkanes) is 1. The third-order valence-corrected chi connectivity index (χ3v) is 3.23. The number of hydrogen-bond donors (Lipinski definition) is 0. The van der Waals surface area contributed by atoms with Crippen LogP contribution in [0.2, 0.25) is 0 Å². The van der Waals surface area contributed by atoms with Crippen LogP contribution in [0.25, 0.3) is 11.3 Å². The van der Waals surface area contributed by atoms with Gasteiger partial charge in [-0.2, -0.15) is 0 Å². The Bertz CT molecular complexity index is 468. The SMILES string of the molecule is CCCCc1cc(-c2ccccc2)oc1CCC. The van der Waals surface area contributed by atoms with Crippen LogP contribution in [0.3, 0.4) is 0 Å². The van der Waals surface area contributed by atoms with Crippen LogP contribution in [0.1, 0.15) is 44.4 Å². The molecule has 0 aliphatic carbocycles. The zero-order valence-electron chi connectivity index (χ0n) is 11.4. The maximum atomic E-state index is 6.04. The molecule has 0 N–H and O–H groups in total. The molecule has 1 heterocycles. The fourth-order valence-corrected chi connectivity index (χ4v) is 2.23. The van der Waals surface area contributed by atoms with Gasteiger partial charge in [0.15, 0.2) is 0 Å². The molecule has 1 aromatic carbocycles. The van der Waals surface area contributed by atoms with Gasteiger partial charge in [0.1, 0.15) is 11.5 Å². The van der Waals surface area contributed by atoms with Crippen LogP contribution in [0, 0.1) is 0 Å². The molecule has 0 aliphatic heterocycles. The zero-order valence-corrected chi connectivity index (χ0v) is 11.4. The monoisotopic (exact) mass is 242 g/mol. The maximum absolute atomic E-state index is 6.04. The van der Waals surface area contributed by atoms with Crippen molar-refractivity contribution < 1.29 is 4.42 Å². The van der Waals surface area contributed by atoms with Gasteiger partial charge >= 0.3 is 0 Å². The van der Waals surface area contributed by atoms with Crippen molar-refractivity contribution >= 4 is 0 Å². The second-order valence-corrected chi connectivity index (χ2v) is 4.78. The van der Waals surface area contributed by atoms with Gasteiger partial charge in [-0.25, -0.2) is 0 Å². The van der Waals surface area contributed by atoms with Crippen molar-refractivity contribution in [3.63, 3.8) is 0 Å². The minimum Gasteiger partial charge on any atom is -0.461 e. The van der Waals surface area contributed by atoms with E-state index in [1.807, 2.05) is 6.07 Å². The molecular weight excluding hydrogens is 220 g/mol.